The van der Waals surface area contributed by atoms with Crippen LogP contribution in [0.25, 0.3) is 0 Å². The van der Waals surface area contributed by atoms with Crippen LogP contribution in [0.15, 0.2) is 10.5 Å². The summed E-state index contributed by atoms with van der Waals surface area (Å²) in [5, 5.41) is 0. The Morgan fingerprint density at radius 1 is 1.75 bits per heavy atom. The molecule has 1 heterocycles. The molecule has 2 nitrogen and oxygen atoms in total. The molecular weight excluding hydrogens is 262 g/mol. The molecule has 1 aromatic heterocycles. The Bertz CT molecular complexity index is 234. The van der Waals surface area contributed by atoms with Crippen LogP contribution in [0.4, 0.5) is 0 Å². The zero-order valence-corrected chi connectivity index (χ0v) is 9.72. The van der Waals surface area contributed by atoms with Crippen LogP contribution in [0.3, 0.4) is 0 Å². The van der Waals surface area contributed by atoms with Gasteiger partial charge < -0.3 is 4.84 Å². The lowest BCUT2D eigenvalue weighted by molar-refractivity contribution is 0.0469. The number of hydrogen-bond acceptors (Lipinski definition) is 3. The second-order valence-electron chi connectivity index (χ2n) is 2.09. The van der Waals surface area contributed by atoms with Gasteiger partial charge >= 0.3 is 0 Å². The summed E-state index contributed by atoms with van der Waals surface area (Å²) < 4.78 is 1.73. The lowest BCUT2D eigenvalue weighted by Crippen LogP contribution is -2.12. The van der Waals surface area contributed by atoms with Gasteiger partial charge in [0.2, 0.25) is 0 Å². The smallest absolute Gasteiger partial charge is 0.107 e. The molecule has 0 aromatic carbocycles. The first-order valence-corrected chi connectivity index (χ1v) is 5.51. The van der Waals surface area contributed by atoms with Crippen LogP contribution in [-0.4, -0.2) is 6.61 Å². The summed E-state index contributed by atoms with van der Waals surface area (Å²) in [5.74, 6) is 0. The van der Waals surface area contributed by atoms with Crippen molar-refractivity contribution in [3.63, 3.8) is 0 Å². The molecule has 0 saturated heterocycles. The van der Waals surface area contributed by atoms with E-state index in [0.717, 1.165) is 13.7 Å². The Morgan fingerprint density at radius 2 is 2.50 bits per heavy atom. The SMILES string of the molecule is CCONCc1cc(Br)c(Cl)s1. The van der Waals surface area contributed by atoms with Crippen LogP contribution >= 0.6 is 38.9 Å². The molecular formula is C7H9BrClNOS. The van der Waals surface area contributed by atoms with Crippen LogP contribution < -0.4 is 5.48 Å². The van der Waals surface area contributed by atoms with Gasteiger partial charge in [0.05, 0.1) is 13.2 Å². The molecule has 0 bridgehead atoms. The topological polar surface area (TPSA) is 21.3 Å². The van der Waals surface area contributed by atoms with Crippen molar-refractivity contribution in [3.05, 3.63) is 19.8 Å². The van der Waals surface area contributed by atoms with Crippen LogP contribution in [0.5, 0.6) is 0 Å². The molecule has 0 spiro atoms. The molecule has 0 atom stereocenters. The zero-order valence-electron chi connectivity index (χ0n) is 6.56. The Balaban J connectivity index is 2.42. The second kappa shape index (κ2) is 5.19. The first-order chi connectivity index (χ1) is 5.74. The zero-order chi connectivity index (χ0) is 8.97. The second-order valence-corrected chi connectivity index (χ2v) is 4.68. The van der Waals surface area contributed by atoms with E-state index < -0.39 is 0 Å². The largest absolute Gasteiger partial charge is 0.302 e. The molecule has 5 heteroatoms. The number of hydrogen-bond donors (Lipinski definition) is 1. The highest BCUT2D eigenvalue weighted by Crippen LogP contribution is 2.31. The number of thiophene rings is 1. The van der Waals surface area contributed by atoms with Crippen molar-refractivity contribution in [2.75, 3.05) is 6.61 Å². The first-order valence-electron chi connectivity index (χ1n) is 3.52. The highest BCUT2D eigenvalue weighted by atomic mass is 79.9. The number of halogens is 2. The van der Waals surface area contributed by atoms with Crippen molar-refractivity contribution < 1.29 is 4.84 Å². The fourth-order valence-electron chi connectivity index (χ4n) is 0.703. The molecule has 0 unspecified atom stereocenters. The molecule has 1 rings (SSSR count). The average molecular weight is 271 g/mol. The van der Waals surface area contributed by atoms with Gasteiger partial charge in [-0.25, -0.2) is 0 Å². The van der Waals surface area contributed by atoms with E-state index in [1.807, 2.05) is 13.0 Å². The highest BCUT2D eigenvalue weighted by Gasteiger charge is 2.03. The van der Waals surface area contributed by atoms with Crippen molar-refractivity contribution >= 4 is 38.9 Å². The first kappa shape index (κ1) is 10.5. The van der Waals surface area contributed by atoms with E-state index in [1.54, 1.807) is 11.3 Å². The summed E-state index contributed by atoms with van der Waals surface area (Å²) >= 11 is 10.7. The van der Waals surface area contributed by atoms with Crippen LogP contribution in [-0.2, 0) is 11.4 Å². The molecule has 0 radical (unpaired) electrons. The van der Waals surface area contributed by atoms with Crippen molar-refractivity contribution in [2.45, 2.75) is 13.5 Å². The van der Waals surface area contributed by atoms with Crippen molar-refractivity contribution in [1.29, 1.82) is 0 Å². The molecule has 0 amide bonds. The van der Waals surface area contributed by atoms with E-state index in [0.29, 0.717) is 13.2 Å². The minimum atomic E-state index is 0.667. The maximum absolute atomic E-state index is 5.85. The highest BCUT2D eigenvalue weighted by molar-refractivity contribution is 9.10. The summed E-state index contributed by atoms with van der Waals surface area (Å²) in [5.41, 5.74) is 2.82. The number of nitrogens with one attached hydrogen (secondary N) is 1. The Kier molecular flexibility index (Phi) is 4.53. The van der Waals surface area contributed by atoms with Gasteiger partial charge in [-0.1, -0.05) is 11.6 Å². The average Bonchev–Trinajstić information content (AvgIpc) is 2.32. The minimum Gasteiger partial charge on any atom is -0.302 e. The third kappa shape index (κ3) is 3.03. The third-order valence-electron chi connectivity index (χ3n) is 1.19. The maximum atomic E-state index is 5.85. The Morgan fingerprint density at radius 3 is 3.00 bits per heavy atom. The fraction of sp³-hybridized carbons (Fsp3) is 0.429. The Hall–Kier alpha value is 0.390. The van der Waals surface area contributed by atoms with E-state index in [-0.39, 0.29) is 0 Å². The van der Waals surface area contributed by atoms with Gasteiger partial charge in [0, 0.05) is 9.35 Å². The number of hydroxylamine groups is 1. The molecule has 1 aromatic rings. The fourth-order valence-corrected chi connectivity index (χ4v) is 2.42. The summed E-state index contributed by atoms with van der Waals surface area (Å²) in [6.45, 7) is 3.30. The summed E-state index contributed by atoms with van der Waals surface area (Å²) in [7, 11) is 0. The summed E-state index contributed by atoms with van der Waals surface area (Å²) in [6, 6.07) is 1.99. The minimum absolute atomic E-state index is 0.667. The molecule has 0 saturated carbocycles. The molecule has 0 aliphatic heterocycles. The molecule has 68 valence electrons. The standard InChI is InChI=1S/C7H9BrClNOS/c1-2-11-10-4-5-3-6(8)7(9)12-5/h3,10H,2,4H2,1H3. The van der Waals surface area contributed by atoms with Crippen LogP contribution in [0.2, 0.25) is 4.34 Å². The molecule has 12 heavy (non-hydrogen) atoms. The van der Waals surface area contributed by atoms with Crippen LogP contribution in [0, 0.1) is 0 Å². The van der Waals surface area contributed by atoms with Crippen molar-refractivity contribution in [2.24, 2.45) is 0 Å². The molecule has 0 aliphatic carbocycles. The van der Waals surface area contributed by atoms with Gasteiger partial charge in [-0.3, -0.25) is 0 Å². The van der Waals surface area contributed by atoms with E-state index >= 15 is 0 Å². The summed E-state index contributed by atoms with van der Waals surface area (Å²) in [6.07, 6.45) is 0. The van der Waals surface area contributed by atoms with E-state index in [9.17, 15) is 0 Å². The maximum Gasteiger partial charge on any atom is 0.107 e. The van der Waals surface area contributed by atoms with Gasteiger partial charge in [-0.15, -0.1) is 11.3 Å². The van der Waals surface area contributed by atoms with Gasteiger partial charge in [0.25, 0.3) is 0 Å². The lowest BCUT2D eigenvalue weighted by Gasteiger charge is -1.99. The van der Waals surface area contributed by atoms with E-state index in [4.69, 9.17) is 16.4 Å². The molecule has 0 aliphatic rings. The van der Waals surface area contributed by atoms with Crippen molar-refractivity contribution in [1.82, 2.24) is 5.48 Å². The van der Waals surface area contributed by atoms with Gasteiger partial charge in [-0.05, 0) is 28.9 Å². The molecule has 0 fully saturated rings. The quantitative estimate of drug-likeness (QED) is 0.670. The van der Waals surface area contributed by atoms with Crippen molar-refractivity contribution in [3.8, 4) is 0 Å². The third-order valence-corrected chi connectivity index (χ3v) is 3.66. The van der Waals surface area contributed by atoms with Crippen LogP contribution in [0.1, 0.15) is 11.8 Å². The normalized spacial score (nSPS) is 10.6. The molecule has 1 N–H and O–H groups in total. The number of rotatable bonds is 4. The van der Waals surface area contributed by atoms with Gasteiger partial charge in [0.15, 0.2) is 0 Å². The van der Waals surface area contributed by atoms with E-state index in [2.05, 4.69) is 21.4 Å². The van der Waals surface area contributed by atoms with Gasteiger partial charge in [0.1, 0.15) is 4.34 Å². The lowest BCUT2D eigenvalue weighted by atomic mass is 10.5. The predicted molar refractivity (Wildman–Crippen MR) is 55.5 cm³/mol. The Labute approximate surface area is 89.0 Å². The van der Waals surface area contributed by atoms with Gasteiger partial charge in [-0.2, -0.15) is 5.48 Å². The predicted octanol–water partition coefficient (Wildman–Crippen LogP) is 3.21. The monoisotopic (exact) mass is 269 g/mol. The van der Waals surface area contributed by atoms with E-state index in [1.165, 1.54) is 0 Å². The summed E-state index contributed by atoms with van der Waals surface area (Å²) in [4.78, 5) is 6.14.